The van der Waals surface area contributed by atoms with Gasteiger partial charge < -0.3 is 9.64 Å². The van der Waals surface area contributed by atoms with E-state index in [0.717, 1.165) is 25.2 Å². The summed E-state index contributed by atoms with van der Waals surface area (Å²) in [5, 5.41) is 0.620. The van der Waals surface area contributed by atoms with Gasteiger partial charge in [0.05, 0.1) is 0 Å². The molecule has 0 aromatic heterocycles. The average Bonchev–Trinajstić information content (AvgIpc) is 2.43. The first-order valence-electron chi connectivity index (χ1n) is 6.49. The second-order valence-corrected chi connectivity index (χ2v) is 4.46. The molecule has 0 saturated heterocycles. The predicted octanol–water partition coefficient (Wildman–Crippen LogP) is 3.66. The molecule has 3 nitrogen and oxygen atoms in total. The molecule has 0 aliphatic heterocycles. The fourth-order valence-corrected chi connectivity index (χ4v) is 1.83. The molecule has 0 heterocycles. The zero-order valence-corrected chi connectivity index (χ0v) is 13.4. The van der Waals surface area contributed by atoms with E-state index >= 15 is 0 Å². The molecule has 1 aromatic rings. The third-order valence-corrected chi connectivity index (χ3v) is 3.19. The molecule has 1 rings (SSSR count). The Kier molecular flexibility index (Phi) is 10.2. The third kappa shape index (κ3) is 6.94. The molecule has 0 saturated carbocycles. The summed E-state index contributed by atoms with van der Waals surface area (Å²) in [4.78, 5) is 13.7. The van der Waals surface area contributed by atoms with Crippen LogP contribution in [-0.2, 0) is 9.53 Å². The lowest BCUT2D eigenvalue weighted by Crippen LogP contribution is -2.27. The Balaban J connectivity index is 0.00000361. The van der Waals surface area contributed by atoms with Gasteiger partial charge in [-0.3, -0.25) is 0 Å². The van der Waals surface area contributed by atoms with Crippen molar-refractivity contribution >= 4 is 36.1 Å². The number of carbonyl (C=O) groups is 1. The van der Waals surface area contributed by atoms with E-state index in [0.29, 0.717) is 11.6 Å². The van der Waals surface area contributed by atoms with Crippen LogP contribution in [0, 0.1) is 0 Å². The number of ether oxygens (including phenoxy) is 1. The summed E-state index contributed by atoms with van der Waals surface area (Å²) in [5.74, 6) is -0.341. The standard InChI is InChI=1S/C15H20ClNO2.ClH/c1-3-17(4-2)11-12-19-15(18)10-9-13-7-5-6-8-14(13)16;/h5-10H,3-4,11-12H2,1-2H3;1H/b10-9+;. The van der Waals surface area contributed by atoms with Gasteiger partial charge in [0.25, 0.3) is 0 Å². The first kappa shape index (κ1) is 19.0. The van der Waals surface area contributed by atoms with Crippen LogP contribution >= 0.6 is 24.0 Å². The number of likely N-dealkylation sites (N-methyl/N-ethyl adjacent to an activating group) is 1. The van der Waals surface area contributed by atoms with Crippen LogP contribution in [-0.4, -0.2) is 37.1 Å². The number of benzene rings is 1. The lowest BCUT2D eigenvalue weighted by atomic mass is 10.2. The number of hydrogen-bond acceptors (Lipinski definition) is 3. The zero-order chi connectivity index (χ0) is 14.1. The average molecular weight is 318 g/mol. The van der Waals surface area contributed by atoms with Crippen LogP contribution in [0.15, 0.2) is 30.3 Å². The maximum absolute atomic E-state index is 11.5. The van der Waals surface area contributed by atoms with Crippen LogP contribution in [0.3, 0.4) is 0 Å². The smallest absolute Gasteiger partial charge is 0.330 e. The van der Waals surface area contributed by atoms with E-state index in [1.165, 1.54) is 6.08 Å². The minimum Gasteiger partial charge on any atom is -0.461 e. The van der Waals surface area contributed by atoms with E-state index in [2.05, 4.69) is 18.7 Å². The Hall–Kier alpha value is -1.03. The normalized spacial score (nSPS) is 10.6. The van der Waals surface area contributed by atoms with Crippen LogP contribution in [0.2, 0.25) is 5.02 Å². The summed E-state index contributed by atoms with van der Waals surface area (Å²) in [7, 11) is 0. The highest BCUT2D eigenvalue weighted by Crippen LogP contribution is 2.16. The molecule has 0 aliphatic rings. The largest absolute Gasteiger partial charge is 0.461 e. The van der Waals surface area contributed by atoms with Crippen LogP contribution in [0.25, 0.3) is 6.08 Å². The van der Waals surface area contributed by atoms with Crippen LogP contribution in [0.5, 0.6) is 0 Å². The van der Waals surface area contributed by atoms with Gasteiger partial charge in [-0.25, -0.2) is 4.79 Å². The van der Waals surface area contributed by atoms with E-state index in [-0.39, 0.29) is 18.4 Å². The second-order valence-electron chi connectivity index (χ2n) is 4.05. The van der Waals surface area contributed by atoms with Gasteiger partial charge in [0, 0.05) is 17.6 Å². The number of esters is 1. The molecule has 1 aromatic carbocycles. The van der Waals surface area contributed by atoms with Gasteiger partial charge in [0.2, 0.25) is 0 Å². The van der Waals surface area contributed by atoms with Crippen molar-refractivity contribution in [1.29, 1.82) is 0 Å². The Bertz CT molecular complexity index is 432. The van der Waals surface area contributed by atoms with Gasteiger partial charge in [-0.15, -0.1) is 12.4 Å². The predicted molar refractivity (Wildman–Crippen MR) is 86.5 cm³/mol. The Morgan fingerprint density at radius 1 is 1.30 bits per heavy atom. The fourth-order valence-electron chi connectivity index (χ4n) is 1.63. The van der Waals surface area contributed by atoms with Gasteiger partial charge in [0.15, 0.2) is 0 Å². The monoisotopic (exact) mass is 317 g/mol. The zero-order valence-electron chi connectivity index (χ0n) is 11.8. The number of rotatable bonds is 7. The van der Waals surface area contributed by atoms with Crippen molar-refractivity contribution in [2.75, 3.05) is 26.2 Å². The maximum Gasteiger partial charge on any atom is 0.330 e. The van der Waals surface area contributed by atoms with E-state index < -0.39 is 0 Å². The summed E-state index contributed by atoms with van der Waals surface area (Å²) in [6.07, 6.45) is 3.07. The van der Waals surface area contributed by atoms with E-state index in [4.69, 9.17) is 16.3 Å². The topological polar surface area (TPSA) is 29.5 Å². The van der Waals surface area contributed by atoms with Crippen LogP contribution in [0.4, 0.5) is 0 Å². The fraction of sp³-hybridized carbons (Fsp3) is 0.400. The van der Waals surface area contributed by atoms with E-state index in [1.807, 2.05) is 18.2 Å². The highest BCUT2D eigenvalue weighted by molar-refractivity contribution is 6.32. The quantitative estimate of drug-likeness (QED) is 0.567. The lowest BCUT2D eigenvalue weighted by molar-refractivity contribution is -0.138. The van der Waals surface area contributed by atoms with E-state index in [1.54, 1.807) is 12.1 Å². The number of hydrogen-bond donors (Lipinski definition) is 0. The lowest BCUT2D eigenvalue weighted by Gasteiger charge is -2.16. The van der Waals surface area contributed by atoms with Gasteiger partial charge in [-0.2, -0.15) is 0 Å². The van der Waals surface area contributed by atoms with Crippen molar-refractivity contribution in [3.63, 3.8) is 0 Å². The highest BCUT2D eigenvalue weighted by Gasteiger charge is 2.02. The highest BCUT2D eigenvalue weighted by atomic mass is 35.5. The molecule has 0 radical (unpaired) electrons. The molecule has 112 valence electrons. The van der Waals surface area contributed by atoms with Gasteiger partial charge in [-0.05, 0) is 30.8 Å². The Labute approximate surface area is 132 Å². The first-order valence-corrected chi connectivity index (χ1v) is 6.86. The third-order valence-electron chi connectivity index (χ3n) is 2.85. The summed E-state index contributed by atoms with van der Waals surface area (Å²) in [5.41, 5.74) is 0.810. The van der Waals surface area contributed by atoms with Crippen molar-refractivity contribution in [2.24, 2.45) is 0 Å². The van der Waals surface area contributed by atoms with Gasteiger partial charge in [0.1, 0.15) is 6.61 Å². The Morgan fingerprint density at radius 3 is 2.55 bits per heavy atom. The van der Waals surface area contributed by atoms with Crippen molar-refractivity contribution in [2.45, 2.75) is 13.8 Å². The van der Waals surface area contributed by atoms with Crippen molar-refractivity contribution in [3.8, 4) is 0 Å². The molecule has 0 bridgehead atoms. The van der Waals surface area contributed by atoms with Crippen molar-refractivity contribution in [3.05, 3.63) is 40.9 Å². The number of halogens is 2. The maximum atomic E-state index is 11.5. The molecule has 0 fully saturated rings. The van der Waals surface area contributed by atoms with Crippen molar-refractivity contribution < 1.29 is 9.53 Å². The minimum absolute atomic E-state index is 0. The summed E-state index contributed by atoms with van der Waals surface area (Å²) in [6, 6.07) is 7.36. The molecular formula is C15H21Cl2NO2. The SMILES string of the molecule is CCN(CC)CCOC(=O)/C=C/c1ccccc1Cl.Cl. The number of carbonyl (C=O) groups excluding carboxylic acids is 1. The summed E-state index contributed by atoms with van der Waals surface area (Å²) in [6.45, 7) is 7.27. The van der Waals surface area contributed by atoms with Gasteiger partial charge in [-0.1, -0.05) is 43.6 Å². The molecule has 5 heteroatoms. The molecule has 0 amide bonds. The van der Waals surface area contributed by atoms with E-state index in [9.17, 15) is 4.79 Å². The van der Waals surface area contributed by atoms with Crippen LogP contribution < -0.4 is 0 Å². The summed E-state index contributed by atoms with van der Waals surface area (Å²) >= 11 is 5.98. The van der Waals surface area contributed by atoms with Crippen molar-refractivity contribution in [1.82, 2.24) is 4.90 Å². The second kappa shape index (κ2) is 10.7. The molecule has 20 heavy (non-hydrogen) atoms. The Morgan fingerprint density at radius 2 is 1.95 bits per heavy atom. The van der Waals surface area contributed by atoms with Gasteiger partial charge >= 0.3 is 5.97 Å². The molecule has 0 N–H and O–H groups in total. The number of nitrogens with zero attached hydrogens (tertiary/aromatic N) is 1. The summed E-state index contributed by atoms with van der Waals surface area (Å²) < 4.78 is 5.13. The molecule has 0 atom stereocenters. The molecule has 0 spiro atoms. The molecular weight excluding hydrogens is 297 g/mol. The minimum atomic E-state index is -0.341. The first-order chi connectivity index (χ1) is 9.17. The molecule has 0 unspecified atom stereocenters. The molecule has 0 aliphatic carbocycles. The van der Waals surface area contributed by atoms with Crippen LogP contribution in [0.1, 0.15) is 19.4 Å².